The summed E-state index contributed by atoms with van der Waals surface area (Å²) in [6.45, 7) is 1.89. The number of carbonyl (C=O) groups excluding carboxylic acids is 1. The van der Waals surface area contributed by atoms with E-state index in [2.05, 4.69) is 4.98 Å². The van der Waals surface area contributed by atoms with Crippen molar-refractivity contribution in [1.29, 1.82) is 0 Å². The van der Waals surface area contributed by atoms with E-state index in [9.17, 15) is 4.79 Å². The fourth-order valence-corrected chi connectivity index (χ4v) is 3.83. The van der Waals surface area contributed by atoms with Gasteiger partial charge in [0, 0.05) is 10.6 Å². The number of ether oxygens (including phenoxy) is 1. The second-order valence-corrected chi connectivity index (χ2v) is 8.60. The number of benzene rings is 1. The van der Waals surface area contributed by atoms with Crippen molar-refractivity contribution in [3.05, 3.63) is 41.4 Å². The minimum atomic E-state index is -0.220. The number of thioether (sulfide) groups is 1. The molecule has 2 aromatic rings. The summed E-state index contributed by atoms with van der Waals surface area (Å²) in [5, 5.41) is 0.466. The van der Waals surface area contributed by atoms with Crippen LogP contribution >= 0.6 is 23.4 Å². The van der Waals surface area contributed by atoms with Crippen LogP contribution in [0.5, 0.6) is 0 Å². The molecule has 4 rings (SSSR count). The quantitative estimate of drug-likeness (QED) is 0.628. The van der Waals surface area contributed by atoms with Gasteiger partial charge >= 0.3 is 5.97 Å². The third-order valence-corrected chi connectivity index (χ3v) is 6.20. The second kappa shape index (κ2) is 6.69. The average molecular weight is 378 g/mol. The zero-order valence-electron chi connectivity index (χ0n) is 14.0. The first kappa shape index (κ1) is 17.0. The number of esters is 1. The van der Waals surface area contributed by atoms with E-state index in [1.807, 2.05) is 31.2 Å². The predicted octanol–water partition coefficient (Wildman–Crippen LogP) is 5.10. The molecule has 4 nitrogen and oxygen atoms in total. The Morgan fingerprint density at radius 1 is 1.40 bits per heavy atom. The highest BCUT2D eigenvalue weighted by molar-refractivity contribution is 7.99. The Hall–Kier alpha value is -1.46. The van der Waals surface area contributed by atoms with Crippen LogP contribution in [0.25, 0.3) is 11.3 Å². The zero-order valence-corrected chi connectivity index (χ0v) is 15.6. The van der Waals surface area contributed by atoms with Gasteiger partial charge in [0.25, 0.3) is 0 Å². The van der Waals surface area contributed by atoms with E-state index in [4.69, 9.17) is 20.8 Å². The van der Waals surface area contributed by atoms with Crippen LogP contribution in [0, 0.1) is 5.92 Å². The lowest BCUT2D eigenvalue weighted by molar-refractivity contribution is -0.151. The Balaban J connectivity index is 1.30. The molecule has 2 aliphatic carbocycles. The van der Waals surface area contributed by atoms with E-state index in [-0.39, 0.29) is 16.8 Å². The van der Waals surface area contributed by atoms with Crippen LogP contribution in [-0.4, -0.2) is 21.8 Å². The van der Waals surface area contributed by atoms with Crippen molar-refractivity contribution in [2.24, 2.45) is 5.92 Å². The molecule has 1 aromatic heterocycles. The molecule has 132 valence electrons. The van der Waals surface area contributed by atoms with Crippen molar-refractivity contribution < 1.29 is 13.9 Å². The Morgan fingerprint density at radius 3 is 2.76 bits per heavy atom. The van der Waals surface area contributed by atoms with Gasteiger partial charge in [0.15, 0.2) is 5.76 Å². The van der Waals surface area contributed by atoms with E-state index >= 15 is 0 Å². The molecule has 0 N–H and O–H groups in total. The number of hydrogen-bond donors (Lipinski definition) is 0. The molecule has 6 heteroatoms. The molecule has 2 aliphatic rings. The van der Waals surface area contributed by atoms with E-state index in [1.54, 1.807) is 6.20 Å². The first-order valence-corrected chi connectivity index (χ1v) is 10.0. The standard InChI is InChI=1S/C19H20ClNO3S/c1-12(18(22)24-19(8-9-19)14-4-5-14)25-11-17-21-10-16(23-17)13-2-6-15(20)7-3-13/h2-3,6-7,10,12,14H,4-5,8-9,11H2,1H3/t12-/m1/s1. The second-order valence-electron chi connectivity index (χ2n) is 6.84. The maximum atomic E-state index is 12.3. The summed E-state index contributed by atoms with van der Waals surface area (Å²) >= 11 is 7.40. The Labute approximate surface area is 156 Å². The van der Waals surface area contributed by atoms with Crippen LogP contribution < -0.4 is 0 Å². The molecule has 1 aromatic carbocycles. The Kier molecular flexibility index (Phi) is 4.54. The summed E-state index contributed by atoms with van der Waals surface area (Å²) in [6, 6.07) is 7.43. The highest BCUT2D eigenvalue weighted by Crippen LogP contribution is 2.56. The third kappa shape index (κ3) is 3.87. The minimum absolute atomic E-state index is 0.112. The molecule has 0 saturated heterocycles. The van der Waals surface area contributed by atoms with Gasteiger partial charge < -0.3 is 9.15 Å². The molecule has 2 fully saturated rings. The number of carbonyl (C=O) groups is 1. The van der Waals surface area contributed by atoms with Gasteiger partial charge in [-0.2, -0.15) is 0 Å². The number of aromatic nitrogens is 1. The van der Waals surface area contributed by atoms with E-state index in [0.29, 0.717) is 28.3 Å². The maximum Gasteiger partial charge on any atom is 0.319 e. The molecule has 1 heterocycles. The zero-order chi connectivity index (χ0) is 17.4. The molecule has 25 heavy (non-hydrogen) atoms. The molecule has 0 spiro atoms. The SMILES string of the molecule is C[C@@H](SCc1ncc(-c2ccc(Cl)cc2)o1)C(=O)OC1(C2CC2)CC1. The van der Waals surface area contributed by atoms with Gasteiger partial charge in [-0.25, -0.2) is 4.98 Å². The van der Waals surface area contributed by atoms with Crippen LogP contribution in [0.15, 0.2) is 34.9 Å². The number of halogens is 1. The summed E-state index contributed by atoms with van der Waals surface area (Å²) in [4.78, 5) is 16.6. The Bertz CT molecular complexity index is 765. The van der Waals surface area contributed by atoms with Gasteiger partial charge in [0.05, 0.1) is 11.9 Å². The van der Waals surface area contributed by atoms with Crippen LogP contribution in [0.2, 0.25) is 5.02 Å². The van der Waals surface area contributed by atoms with Crippen molar-refractivity contribution >= 4 is 29.3 Å². The van der Waals surface area contributed by atoms with Gasteiger partial charge in [-0.3, -0.25) is 4.79 Å². The molecular weight excluding hydrogens is 358 g/mol. The third-order valence-electron chi connectivity index (χ3n) is 4.84. The summed E-state index contributed by atoms with van der Waals surface area (Å²) < 4.78 is 11.6. The van der Waals surface area contributed by atoms with E-state index in [1.165, 1.54) is 24.6 Å². The number of oxazole rings is 1. The summed E-state index contributed by atoms with van der Waals surface area (Å²) in [5.41, 5.74) is 0.817. The molecule has 0 unspecified atom stereocenters. The molecule has 1 atom stereocenters. The molecule has 0 amide bonds. The van der Waals surface area contributed by atoms with Crippen molar-refractivity contribution in [3.63, 3.8) is 0 Å². The fourth-order valence-electron chi connectivity index (χ4n) is 3.00. The van der Waals surface area contributed by atoms with Crippen LogP contribution in [-0.2, 0) is 15.3 Å². The first-order chi connectivity index (χ1) is 12.1. The van der Waals surface area contributed by atoms with Gasteiger partial charge in [-0.1, -0.05) is 11.6 Å². The van der Waals surface area contributed by atoms with Gasteiger partial charge in [0.2, 0.25) is 5.89 Å². The largest absolute Gasteiger partial charge is 0.458 e. The molecule has 0 bridgehead atoms. The van der Waals surface area contributed by atoms with Crippen LogP contribution in [0.4, 0.5) is 0 Å². The van der Waals surface area contributed by atoms with E-state index in [0.717, 1.165) is 18.4 Å². The molecule has 0 radical (unpaired) electrons. The van der Waals surface area contributed by atoms with Gasteiger partial charge in [-0.15, -0.1) is 11.8 Å². The molecular formula is C19H20ClNO3S. The average Bonchev–Trinajstić information content (AvgIpc) is 3.52. The smallest absolute Gasteiger partial charge is 0.319 e. The number of nitrogens with zero attached hydrogens (tertiary/aromatic N) is 1. The number of hydrogen-bond acceptors (Lipinski definition) is 5. The van der Waals surface area contributed by atoms with Crippen LogP contribution in [0.3, 0.4) is 0 Å². The molecule has 0 aliphatic heterocycles. The topological polar surface area (TPSA) is 52.3 Å². The van der Waals surface area contributed by atoms with Gasteiger partial charge in [-0.05, 0) is 62.8 Å². The van der Waals surface area contributed by atoms with Crippen LogP contribution in [0.1, 0.15) is 38.5 Å². The minimum Gasteiger partial charge on any atom is -0.458 e. The van der Waals surface area contributed by atoms with Crippen molar-refractivity contribution in [3.8, 4) is 11.3 Å². The summed E-state index contributed by atoms with van der Waals surface area (Å²) in [6.07, 6.45) is 6.18. The monoisotopic (exact) mass is 377 g/mol. The van der Waals surface area contributed by atoms with Gasteiger partial charge in [0.1, 0.15) is 10.9 Å². The van der Waals surface area contributed by atoms with Crippen molar-refractivity contribution in [2.75, 3.05) is 0 Å². The highest BCUT2D eigenvalue weighted by atomic mass is 35.5. The lowest BCUT2D eigenvalue weighted by Gasteiger charge is -2.18. The summed E-state index contributed by atoms with van der Waals surface area (Å²) in [5.74, 6) is 2.35. The highest BCUT2D eigenvalue weighted by Gasteiger charge is 2.57. The predicted molar refractivity (Wildman–Crippen MR) is 98.5 cm³/mol. The fraction of sp³-hybridized carbons (Fsp3) is 0.474. The summed E-state index contributed by atoms with van der Waals surface area (Å²) in [7, 11) is 0. The number of rotatable bonds is 7. The van der Waals surface area contributed by atoms with Crippen molar-refractivity contribution in [1.82, 2.24) is 4.98 Å². The first-order valence-electron chi connectivity index (χ1n) is 8.61. The normalized spacial score (nSPS) is 19.4. The molecule has 2 saturated carbocycles. The lowest BCUT2D eigenvalue weighted by Crippen LogP contribution is -2.27. The lowest BCUT2D eigenvalue weighted by atomic mass is 10.2. The maximum absolute atomic E-state index is 12.3. The van der Waals surface area contributed by atoms with Crippen molar-refractivity contribution in [2.45, 2.75) is 49.2 Å². The Morgan fingerprint density at radius 2 is 2.12 bits per heavy atom. The van der Waals surface area contributed by atoms with E-state index < -0.39 is 0 Å².